The number of amides is 1. The molecule has 1 amide bonds. The summed E-state index contributed by atoms with van der Waals surface area (Å²) < 4.78 is 5.37. The molecule has 5 nitrogen and oxygen atoms in total. The summed E-state index contributed by atoms with van der Waals surface area (Å²) in [4.78, 5) is 36.6. The second kappa shape index (κ2) is 8.16. The molecule has 0 radical (unpaired) electrons. The molecule has 0 saturated heterocycles. The number of anilines is 1. The van der Waals surface area contributed by atoms with Crippen molar-refractivity contribution in [1.82, 2.24) is 0 Å². The topological polar surface area (TPSA) is 72.5 Å². The second-order valence-electron chi connectivity index (χ2n) is 6.90. The molecule has 0 aromatic heterocycles. The molecule has 0 saturated carbocycles. The van der Waals surface area contributed by atoms with Crippen LogP contribution in [0, 0.1) is 5.92 Å². The molecule has 140 valence electrons. The summed E-state index contributed by atoms with van der Waals surface area (Å²) in [5.41, 5.74) is 2.86. The number of esters is 1. The minimum atomic E-state index is -0.397. The maximum atomic E-state index is 12.7. The van der Waals surface area contributed by atoms with E-state index in [0.717, 1.165) is 23.2 Å². The number of hydrogen-bond donors (Lipinski definition) is 1. The number of nitrogens with one attached hydrogen (secondary N) is 1. The molecule has 1 N–H and O–H groups in total. The van der Waals surface area contributed by atoms with Crippen LogP contribution in [0.25, 0.3) is 0 Å². The molecule has 1 heterocycles. The highest BCUT2D eigenvalue weighted by Gasteiger charge is 2.28. The summed E-state index contributed by atoms with van der Waals surface area (Å²) in [5, 5.41) is 2.73. The van der Waals surface area contributed by atoms with Crippen LogP contribution in [0.2, 0.25) is 0 Å². The largest absolute Gasteiger partial charge is 0.457 e. The second-order valence-corrected chi connectivity index (χ2v) is 6.90. The quantitative estimate of drug-likeness (QED) is 0.599. The summed E-state index contributed by atoms with van der Waals surface area (Å²) in [6.45, 7) is 3.73. The molecular formula is C22H23NO4. The van der Waals surface area contributed by atoms with Gasteiger partial charge in [0.2, 0.25) is 5.91 Å². The van der Waals surface area contributed by atoms with Gasteiger partial charge in [0, 0.05) is 11.3 Å². The Morgan fingerprint density at radius 2 is 1.89 bits per heavy atom. The van der Waals surface area contributed by atoms with Crippen LogP contribution >= 0.6 is 0 Å². The fourth-order valence-corrected chi connectivity index (χ4v) is 3.31. The molecule has 0 fully saturated rings. The average molecular weight is 365 g/mol. The van der Waals surface area contributed by atoms with Crippen molar-refractivity contribution in [3.63, 3.8) is 0 Å². The van der Waals surface area contributed by atoms with E-state index < -0.39 is 5.92 Å². The smallest absolute Gasteiger partial charge is 0.314 e. The molecule has 2 aromatic rings. The summed E-state index contributed by atoms with van der Waals surface area (Å²) in [7, 11) is 0. The van der Waals surface area contributed by atoms with Crippen LogP contribution in [0.1, 0.15) is 47.7 Å². The first kappa shape index (κ1) is 18.8. The standard InChI is InChI=1S/C22H23NO4/c1-3-14(2)21(15-7-5-4-6-8-15)22(26)27-13-19(24)16-9-10-18-17(11-16)12-20(25)23-18/h4-11,14,21H,3,12-13H2,1-2H3,(H,23,25)/t14-,21+/m0/s1. The Balaban J connectivity index is 1.68. The van der Waals surface area contributed by atoms with Crippen LogP contribution in [-0.2, 0) is 20.7 Å². The van der Waals surface area contributed by atoms with E-state index in [1.54, 1.807) is 18.2 Å². The van der Waals surface area contributed by atoms with Gasteiger partial charge in [0.25, 0.3) is 0 Å². The molecule has 0 spiro atoms. The fraction of sp³-hybridized carbons (Fsp3) is 0.318. The summed E-state index contributed by atoms with van der Waals surface area (Å²) in [5.74, 6) is -1.04. The van der Waals surface area contributed by atoms with E-state index in [1.807, 2.05) is 44.2 Å². The molecular weight excluding hydrogens is 342 g/mol. The SMILES string of the molecule is CC[C@H](C)[C@@H](C(=O)OCC(=O)c1ccc2c(c1)CC(=O)N2)c1ccccc1. The van der Waals surface area contributed by atoms with E-state index in [1.165, 1.54) is 0 Å². The predicted octanol–water partition coefficient (Wildman–Crippen LogP) is 3.74. The van der Waals surface area contributed by atoms with Crippen LogP contribution in [-0.4, -0.2) is 24.3 Å². The Hall–Kier alpha value is -2.95. The van der Waals surface area contributed by atoms with E-state index in [2.05, 4.69) is 5.32 Å². The first-order valence-corrected chi connectivity index (χ1v) is 9.17. The van der Waals surface area contributed by atoms with Crippen LogP contribution in [0.3, 0.4) is 0 Å². The van der Waals surface area contributed by atoms with E-state index in [4.69, 9.17) is 4.74 Å². The molecule has 0 aliphatic carbocycles. The average Bonchev–Trinajstić information content (AvgIpc) is 3.06. The zero-order chi connectivity index (χ0) is 19.4. The molecule has 3 rings (SSSR count). The number of ether oxygens (including phenoxy) is 1. The van der Waals surface area contributed by atoms with Gasteiger partial charge in [-0.2, -0.15) is 0 Å². The highest BCUT2D eigenvalue weighted by atomic mass is 16.5. The molecule has 0 bridgehead atoms. The number of ketones is 1. The highest BCUT2D eigenvalue weighted by molar-refractivity contribution is 6.03. The van der Waals surface area contributed by atoms with E-state index in [0.29, 0.717) is 5.56 Å². The van der Waals surface area contributed by atoms with Gasteiger partial charge >= 0.3 is 5.97 Å². The van der Waals surface area contributed by atoms with Crippen molar-refractivity contribution in [2.45, 2.75) is 32.6 Å². The molecule has 1 aliphatic rings. The normalized spacial score (nSPS) is 14.8. The molecule has 1 aliphatic heterocycles. The predicted molar refractivity (Wildman–Crippen MR) is 103 cm³/mol. The Morgan fingerprint density at radius 1 is 1.15 bits per heavy atom. The number of rotatable bonds is 7. The van der Waals surface area contributed by atoms with E-state index >= 15 is 0 Å². The first-order valence-electron chi connectivity index (χ1n) is 9.17. The number of carbonyl (C=O) groups excluding carboxylic acids is 3. The van der Waals surface area contributed by atoms with Crippen LogP contribution < -0.4 is 5.32 Å². The van der Waals surface area contributed by atoms with Crippen molar-refractivity contribution >= 4 is 23.3 Å². The van der Waals surface area contributed by atoms with Crippen molar-refractivity contribution in [2.24, 2.45) is 5.92 Å². The molecule has 27 heavy (non-hydrogen) atoms. The van der Waals surface area contributed by atoms with Gasteiger partial charge in [-0.25, -0.2) is 0 Å². The summed E-state index contributed by atoms with van der Waals surface area (Å²) >= 11 is 0. The first-order chi connectivity index (χ1) is 13.0. The number of hydrogen-bond acceptors (Lipinski definition) is 4. The maximum absolute atomic E-state index is 12.7. The lowest BCUT2D eigenvalue weighted by Crippen LogP contribution is -2.24. The molecule has 0 unspecified atom stereocenters. The van der Waals surface area contributed by atoms with Crippen LogP contribution in [0.5, 0.6) is 0 Å². The molecule has 5 heteroatoms. The third kappa shape index (κ3) is 4.25. The van der Waals surface area contributed by atoms with Crippen LogP contribution in [0.15, 0.2) is 48.5 Å². The third-order valence-electron chi connectivity index (χ3n) is 5.02. The lowest BCUT2D eigenvalue weighted by atomic mass is 9.85. The van der Waals surface area contributed by atoms with Crippen molar-refractivity contribution < 1.29 is 19.1 Å². The van der Waals surface area contributed by atoms with Gasteiger partial charge in [-0.05, 0) is 35.2 Å². The van der Waals surface area contributed by atoms with Crippen molar-refractivity contribution in [3.05, 3.63) is 65.2 Å². The third-order valence-corrected chi connectivity index (χ3v) is 5.02. The van der Waals surface area contributed by atoms with Crippen LogP contribution in [0.4, 0.5) is 5.69 Å². The summed E-state index contributed by atoms with van der Waals surface area (Å²) in [6, 6.07) is 14.5. The van der Waals surface area contributed by atoms with Crippen molar-refractivity contribution in [2.75, 3.05) is 11.9 Å². The molecule has 2 atom stereocenters. The zero-order valence-electron chi connectivity index (χ0n) is 15.5. The Labute approximate surface area is 158 Å². The monoisotopic (exact) mass is 365 g/mol. The minimum Gasteiger partial charge on any atom is -0.457 e. The number of carbonyl (C=O) groups is 3. The van der Waals surface area contributed by atoms with Gasteiger partial charge in [0.05, 0.1) is 12.3 Å². The van der Waals surface area contributed by atoms with Crippen molar-refractivity contribution in [3.8, 4) is 0 Å². The Morgan fingerprint density at radius 3 is 2.59 bits per heavy atom. The lowest BCUT2D eigenvalue weighted by molar-refractivity contribution is -0.145. The van der Waals surface area contributed by atoms with E-state index in [-0.39, 0.29) is 36.6 Å². The van der Waals surface area contributed by atoms with E-state index in [9.17, 15) is 14.4 Å². The highest BCUT2D eigenvalue weighted by Crippen LogP contribution is 2.28. The Bertz CT molecular complexity index is 860. The Kier molecular flexibility index (Phi) is 5.69. The summed E-state index contributed by atoms with van der Waals surface area (Å²) in [6.07, 6.45) is 1.09. The lowest BCUT2D eigenvalue weighted by Gasteiger charge is -2.21. The fourth-order valence-electron chi connectivity index (χ4n) is 3.31. The maximum Gasteiger partial charge on any atom is 0.314 e. The van der Waals surface area contributed by atoms with Gasteiger partial charge in [0.15, 0.2) is 12.4 Å². The minimum absolute atomic E-state index is 0.0831. The molecule has 2 aromatic carbocycles. The van der Waals surface area contributed by atoms with Crippen molar-refractivity contribution in [1.29, 1.82) is 0 Å². The van der Waals surface area contributed by atoms with Gasteiger partial charge in [-0.1, -0.05) is 50.6 Å². The number of benzene rings is 2. The van der Waals surface area contributed by atoms with Gasteiger partial charge in [-0.15, -0.1) is 0 Å². The zero-order valence-corrected chi connectivity index (χ0v) is 15.5. The van der Waals surface area contributed by atoms with Gasteiger partial charge < -0.3 is 10.1 Å². The number of Topliss-reactive ketones (excluding diaryl/α,β-unsaturated/α-hetero) is 1. The van der Waals surface area contributed by atoms with Gasteiger partial charge in [0.1, 0.15) is 0 Å². The number of fused-ring (bicyclic) bond motifs is 1. The van der Waals surface area contributed by atoms with Gasteiger partial charge in [-0.3, -0.25) is 14.4 Å².